The summed E-state index contributed by atoms with van der Waals surface area (Å²) in [7, 11) is -1.04. The van der Waals surface area contributed by atoms with Gasteiger partial charge in [-0.2, -0.15) is 0 Å². The molecule has 1 aromatic rings. The molecule has 0 amide bonds. The predicted octanol–water partition coefficient (Wildman–Crippen LogP) is 1.16. The van der Waals surface area contributed by atoms with Crippen molar-refractivity contribution in [1.82, 2.24) is 4.90 Å². The minimum absolute atomic E-state index is 0.000329. The summed E-state index contributed by atoms with van der Waals surface area (Å²) in [5.74, 6) is 1.22. The van der Waals surface area contributed by atoms with E-state index in [1.165, 1.54) is 0 Å². The lowest BCUT2D eigenvalue weighted by Gasteiger charge is -2.25. The van der Waals surface area contributed by atoms with Gasteiger partial charge in [0.05, 0.1) is 11.5 Å². The molecular formula is C16H25NO4S. The molecule has 2 atom stereocenters. The molecule has 0 spiro atoms. The fourth-order valence-electron chi connectivity index (χ4n) is 2.71. The first kappa shape index (κ1) is 17.2. The maximum atomic E-state index is 11.5. The normalized spacial score (nSPS) is 22.0. The number of aliphatic hydroxyl groups is 1. The van der Waals surface area contributed by atoms with Crippen molar-refractivity contribution in [3.63, 3.8) is 0 Å². The number of likely N-dealkylation sites (N-methyl/N-ethyl adjacent to an activating group) is 1. The van der Waals surface area contributed by atoms with Gasteiger partial charge in [-0.15, -0.1) is 0 Å². The van der Waals surface area contributed by atoms with Crippen molar-refractivity contribution in [2.45, 2.75) is 32.4 Å². The van der Waals surface area contributed by atoms with Crippen LogP contribution in [0.25, 0.3) is 0 Å². The molecule has 1 saturated heterocycles. The van der Waals surface area contributed by atoms with Crippen LogP contribution in [0, 0.1) is 13.8 Å². The maximum absolute atomic E-state index is 11.5. The Labute approximate surface area is 132 Å². The average molecular weight is 327 g/mol. The van der Waals surface area contributed by atoms with E-state index in [1.54, 1.807) is 0 Å². The molecule has 124 valence electrons. The van der Waals surface area contributed by atoms with Crippen LogP contribution in [0.2, 0.25) is 0 Å². The standard InChI is InChI=1S/C16H25NO4S/c1-12-4-5-13(2)16(8-12)21-10-15(18)9-17(3)14-6-7-22(19,20)11-14/h4-5,8,14-15,18H,6-7,9-11H2,1-3H3. The van der Waals surface area contributed by atoms with E-state index >= 15 is 0 Å². The number of hydrogen-bond donors (Lipinski definition) is 1. The molecule has 1 aliphatic rings. The van der Waals surface area contributed by atoms with E-state index in [9.17, 15) is 13.5 Å². The number of sulfone groups is 1. The van der Waals surface area contributed by atoms with Gasteiger partial charge < -0.3 is 9.84 Å². The summed E-state index contributed by atoms with van der Waals surface area (Å²) >= 11 is 0. The fourth-order valence-corrected chi connectivity index (χ4v) is 4.51. The van der Waals surface area contributed by atoms with Gasteiger partial charge in [-0.05, 0) is 44.5 Å². The largest absolute Gasteiger partial charge is 0.491 e. The summed E-state index contributed by atoms with van der Waals surface area (Å²) in [6.07, 6.45) is -0.00291. The van der Waals surface area contributed by atoms with Crippen molar-refractivity contribution < 1.29 is 18.3 Å². The first-order valence-corrected chi connectivity index (χ1v) is 9.38. The van der Waals surface area contributed by atoms with E-state index in [0.717, 1.165) is 16.9 Å². The van der Waals surface area contributed by atoms with E-state index in [1.807, 2.05) is 44.0 Å². The Balaban J connectivity index is 1.83. The highest BCUT2D eigenvalue weighted by molar-refractivity contribution is 7.91. The number of aryl methyl sites for hydroxylation is 2. The molecule has 0 aromatic heterocycles. The fraction of sp³-hybridized carbons (Fsp3) is 0.625. The van der Waals surface area contributed by atoms with Gasteiger partial charge in [-0.25, -0.2) is 8.42 Å². The highest BCUT2D eigenvalue weighted by atomic mass is 32.2. The molecule has 0 bridgehead atoms. The van der Waals surface area contributed by atoms with Crippen LogP contribution in [-0.4, -0.2) is 62.3 Å². The van der Waals surface area contributed by atoms with Crippen LogP contribution in [0.4, 0.5) is 0 Å². The van der Waals surface area contributed by atoms with Crippen LogP contribution in [0.1, 0.15) is 17.5 Å². The van der Waals surface area contributed by atoms with Crippen molar-refractivity contribution in [2.24, 2.45) is 0 Å². The monoisotopic (exact) mass is 327 g/mol. The molecule has 1 aliphatic heterocycles. The second-order valence-corrected chi connectivity index (χ2v) is 8.46. The summed E-state index contributed by atoms with van der Waals surface area (Å²) in [4.78, 5) is 1.92. The van der Waals surface area contributed by atoms with Gasteiger partial charge in [0.1, 0.15) is 18.5 Å². The van der Waals surface area contributed by atoms with Gasteiger partial charge in [0.15, 0.2) is 9.84 Å². The molecular weight excluding hydrogens is 302 g/mol. The van der Waals surface area contributed by atoms with Crippen LogP contribution in [0.15, 0.2) is 18.2 Å². The Morgan fingerprint density at radius 2 is 2.14 bits per heavy atom. The molecule has 5 nitrogen and oxygen atoms in total. The van der Waals surface area contributed by atoms with E-state index in [-0.39, 0.29) is 24.2 Å². The molecule has 0 aliphatic carbocycles. The summed E-state index contributed by atoms with van der Waals surface area (Å²) in [6.45, 7) is 4.58. The van der Waals surface area contributed by atoms with Gasteiger partial charge >= 0.3 is 0 Å². The third kappa shape index (κ3) is 4.69. The van der Waals surface area contributed by atoms with E-state index in [2.05, 4.69) is 0 Å². The summed E-state index contributed by atoms with van der Waals surface area (Å²) in [6, 6.07) is 5.97. The zero-order valence-corrected chi connectivity index (χ0v) is 14.3. The lowest BCUT2D eigenvalue weighted by atomic mass is 10.1. The molecule has 1 fully saturated rings. The SMILES string of the molecule is Cc1ccc(C)c(OCC(O)CN(C)C2CCS(=O)(=O)C2)c1. The number of aliphatic hydroxyl groups excluding tert-OH is 1. The molecule has 0 saturated carbocycles. The van der Waals surface area contributed by atoms with Gasteiger partial charge in [-0.3, -0.25) is 4.90 Å². The maximum Gasteiger partial charge on any atom is 0.151 e. The summed E-state index contributed by atoms with van der Waals surface area (Å²) in [5, 5.41) is 10.1. The average Bonchev–Trinajstić information content (AvgIpc) is 2.80. The zero-order valence-electron chi connectivity index (χ0n) is 13.4. The summed E-state index contributed by atoms with van der Waals surface area (Å²) < 4.78 is 28.7. The van der Waals surface area contributed by atoms with Crippen LogP contribution >= 0.6 is 0 Å². The van der Waals surface area contributed by atoms with E-state index in [4.69, 9.17) is 4.74 Å². The van der Waals surface area contributed by atoms with Crippen molar-refractivity contribution >= 4 is 9.84 Å². The van der Waals surface area contributed by atoms with Crippen LogP contribution < -0.4 is 4.74 Å². The van der Waals surface area contributed by atoms with Crippen LogP contribution in [0.5, 0.6) is 5.75 Å². The number of hydrogen-bond acceptors (Lipinski definition) is 5. The van der Waals surface area contributed by atoms with Gasteiger partial charge in [-0.1, -0.05) is 12.1 Å². The Kier molecular flexibility index (Phi) is 5.47. The molecule has 1 N–H and O–H groups in total. The van der Waals surface area contributed by atoms with Crippen molar-refractivity contribution in [3.05, 3.63) is 29.3 Å². The third-order valence-electron chi connectivity index (χ3n) is 4.11. The molecule has 1 aromatic carbocycles. The van der Waals surface area contributed by atoms with Gasteiger partial charge in [0.25, 0.3) is 0 Å². The number of ether oxygens (including phenoxy) is 1. The highest BCUT2D eigenvalue weighted by Gasteiger charge is 2.31. The first-order valence-electron chi connectivity index (χ1n) is 7.55. The molecule has 2 rings (SSSR count). The lowest BCUT2D eigenvalue weighted by molar-refractivity contribution is 0.0661. The van der Waals surface area contributed by atoms with Crippen molar-refractivity contribution in [3.8, 4) is 5.75 Å². The third-order valence-corrected chi connectivity index (χ3v) is 5.86. The zero-order chi connectivity index (χ0) is 16.3. The van der Waals surface area contributed by atoms with E-state index < -0.39 is 15.9 Å². The van der Waals surface area contributed by atoms with Crippen LogP contribution in [0.3, 0.4) is 0 Å². The predicted molar refractivity (Wildman–Crippen MR) is 87.1 cm³/mol. The molecule has 2 unspecified atom stereocenters. The second-order valence-electron chi connectivity index (χ2n) is 6.23. The highest BCUT2D eigenvalue weighted by Crippen LogP contribution is 2.20. The molecule has 6 heteroatoms. The smallest absolute Gasteiger partial charge is 0.151 e. The van der Waals surface area contributed by atoms with Gasteiger partial charge in [0, 0.05) is 12.6 Å². The second kappa shape index (κ2) is 6.98. The first-order chi connectivity index (χ1) is 10.3. The number of benzene rings is 1. The number of rotatable bonds is 6. The molecule has 0 radical (unpaired) electrons. The van der Waals surface area contributed by atoms with Crippen LogP contribution in [-0.2, 0) is 9.84 Å². The van der Waals surface area contributed by atoms with E-state index in [0.29, 0.717) is 13.0 Å². The topological polar surface area (TPSA) is 66.8 Å². The van der Waals surface area contributed by atoms with Crippen molar-refractivity contribution in [1.29, 1.82) is 0 Å². The Morgan fingerprint density at radius 3 is 2.77 bits per heavy atom. The Bertz CT molecular complexity index is 615. The lowest BCUT2D eigenvalue weighted by Crippen LogP contribution is -2.40. The molecule has 22 heavy (non-hydrogen) atoms. The Hall–Kier alpha value is -1.11. The number of nitrogens with zero attached hydrogens (tertiary/aromatic N) is 1. The quantitative estimate of drug-likeness (QED) is 0.849. The minimum Gasteiger partial charge on any atom is -0.491 e. The minimum atomic E-state index is -2.90. The van der Waals surface area contributed by atoms with Crippen molar-refractivity contribution in [2.75, 3.05) is 31.7 Å². The summed E-state index contributed by atoms with van der Waals surface area (Å²) in [5.41, 5.74) is 2.15. The van der Waals surface area contributed by atoms with Gasteiger partial charge in [0.2, 0.25) is 0 Å². The molecule has 1 heterocycles. The Morgan fingerprint density at radius 1 is 1.41 bits per heavy atom.